The monoisotopic (exact) mass is 244 g/mol. The van der Waals surface area contributed by atoms with E-state index in [2.05, 4.69) is 24.3 Å². The third-order valence-corrected chi connectivity index (χ3v) is 3.61. The predicted octanol–water partition coefficient (Wildman–Crippen LogP) is 2.87. The Bertz CT molecular complexity index is 506. The van der Waals surface area contributed by atoms with Crippen molar-refractivity contribution in [2.24, 2.45) is 0 Å². The molecule has 1 aromatic rings. The van der Waals surface area contributed by atoms with Crippen LogP contribution in [0, 0.1) is 0 Å². The van der Waals surface area contributed by atoms with Crippen molar-refractivity contribution in [2.75, 3.05) is 6.61 Å². The van der Waals surface area contributed by atoms with Crippen LogP contribution in [0.4, 0.5) is 0 Å². The Morgan fingerprint density at radius 1 is 1.44 bits per heavy atom. The second kappa shape index (κ2) is 4.25. The molecular weight excluding hydrogens is 228 g/mol. The summed E-state index contributed by atoms with van der Waals surface area (Å²) in [5.41, 5.74) is 2.01. The van der Waals surface area contributed by atoms with Gasteiger partial charge >= 0.3 is 5.97 Å². The molecule has 94 valence electrons. The Morgan fingerprint density at radius 3 is 3.11 bits per heavy atom. The summed E-state index contributed by atoms with van der Waals surface area (Å²) in [4.78, 5) is 11.5. The normalized spacial score (nSPS) is 27.3. The van der Waals surface area contributed by atoms with Gasteiger partial charge in [-0.2, -0.15) is 0 Å². The minimum Gasteiger partial charge on any atom is -0.466 e. The summed E-state index contributed by atoms with van der Waals surface area (Å²) >= 11 is 0. The van der Waals surface area contributed by atoms with Gasteiger partial charge in [-0.1, -0.05) is 30.3 Å². The molecule has 0 unspecified atom stereocenters. The molecule has 0 amide bonds. The summed E-state index contributed by atoms with van der Waals surface area (Å²) in [6, 6.07) is 8.22. The summed E-state index contributed by atoms with van der Waals surface area (Å²) in [5, 5.41) is 0. The second-order valence-electron chi connectivity index (χ2n) is 4.68. The molecule has 3 rings (SSSR count). The predicted molar refractivity (Wildman–Crippen MR) is 67.0 cm³/mol. The summed E-state index contributed by atoms with van der Waals surface area (Å²) in [6.45, 7) is 2.25. The summed E-state index contributed by atoms with van der Waals surface area (Å²) in [5.74, 6) is -0.156. The van der Waals surface area contributed by atoms with Crippen LogP contribution in [0.15, 0.2) is 36.4 Å². The quantitative estimate of drug-likeness (QED) is 0.603. The van der Waals surface area contributed by atoms with E-state index >= 15 is 0 Å². The first-order chi connectivity index (χ1) is 8.75. The second-order valence-corrected chi connectivity index (χ2v) is 4.68. The highest BCUT2D eigenvalue weighted by atomic mass is 16.5. The Kier molecular flexibility index (Phi) is 2.71. The third-order valence-electron chi connectivity index (χ3n) is 3.61. The van der Waals surface area contributed by atoms with E-state index in [1.54, 1.807) is 0 Å². The molecule has 2 aliphatic rings. The Labute approximate surface area is 106 Å². The van der Waals surface area contributed by atoms with Crippen LogP contribution in [0.2, 0.25) is 0 Å². The van der Waals surface area contributed by atoms with Crippen LogP contribution in [-0.4, -0.2) is 12.6 Å². The summed E-state index contributed by atoms with van der Waals surface area (Å²) in [7, 11) is 0. The van der Waals surface area contributed by atoms with E-state index < -0.39 is 5.60 Å². The molecule has 1 aromatic carbocycles. The molecule has 0 N–H and O–H groups in total. The lowest BCUT2D eigenvalue weighted by atomic mass is 9.84. The molecule has 3 nitrogen and oxygen atoms in total. The molecule has 0 aliphatic carbocycles. The van der Waals surface area contributed by atoms with Crippen molar-refractivity contribution in [3.05, 3.63) is 47.5 Å². The number of esters is 1. The van der Waals surface area contributed by atoms with E-state index in [0.29, 0.717) is 19.4 Å². The van der Waals surface area contributed by atoms with Crippen molar-refractivity contribution < 1.29 is 14.3 Å². The topological polar surface area (TPSA) is 35.5 Å². The van der Waals surface area contributed by atoms with E-state index in [4.69, 9.17) is 9.47 Å². The van der Waals surface area contributed by atoms with Gasteiger partial charge in [0.2, 0.25) is 0 Å². The molecule has 2 heterocycles. The molecule has 0 saturated carbocycles. The first-order valence-electron chi connectivity index (χ1n) is 6.37. The lowest BCUT2D eigenvalue weighted by Gasteiger charge is -2.23. The lowest BCUT2D eigenvalue weighted by molar-refractivity contribution is -0.144. The molecule has 2 atom stereocenters. The fourth-order valence-corrected chi connectivity index (χ4v) is 2.80. The molecule has 3 heteroatoms. The zero-order chi connectivity index (χ0) is 12.6. The van der Waals surface area contributed by atoms with Crippen LogP contribution in [-0.2, 0) is 19.9 Å². The molecule has 2 bridgehead atoms. The highest BCUT2D eigenvalue weighted by molar-refractivity contribution is 5.69. The largest absolute Gasteiger partial charge is 0.466 e. The summed E-state index contributed by atoms with van der Waals surface area (Å²) < 4.78 is 11.0. The standard InChI is InChI=1S/C15H16O3/c1-2-17-14(16)8-10-15-9-7-13(18-15)11-5-3-4-6-12(11)15/h3-7,9,13H,2,8,10H2,1H3/t13-,15-/m1/s1. The van der Waals surface area contributed by atoms with Crippen LogP contribution in [0.5, 0.6) is 0 Å². The van der Waals surface area contributed by atoms with Crippen LogP contribution >= 0.6 is 0 Å². The number of carbonyl (C=O) groups is 1. The van der Waals surface area contributed by atoms with Crippen molar-refractivity contribution in [3.8, 4) is 0 Å². The third kappa shape index (κ3) is 1.66. The first kappa shape index (κ1) is 11.5. The van der Waals surface area contributed by atoms with Gasteiger partial charge in [0.05, 0.1) is 6.61 Å². The van der Waals surface area contributed by atoms with Gasteiger partial charge < -0.3 is 9.47 Å². The number of fused-ring (bicyclic) bond motifs is 5. The maximum Gasteiger partial charge on any atom is 0.305 e. The van der Waals surface area contributed by atoms with E-state index in [9.17, 15) is 4.79 Å². The van der Waals surface area contributed by atoms with Crippen LogP contribution in [0.3, 0.4) is 0 Å². The van der Waals surface area contributed by atoms with Gasteiger partial charge in [-0.15, -0.1) is 0 Å². The van der Waals surface area contributed by atoms with Crippen molar-refractivity contribution >= 4 is 5.97 Å². The average Bonchev–Trinajstić information content (AvgIpc) is 2.95. The summed E-state index contributed by atoms with van der Waals surface area (Å²) in [6.07, 6.45) is 5.25. The minimum atomic E-state index is -0.409. The Balaban J connectivity index is 1.80. The Morgan fingerprint density at radius 2 is 2.28 bits per heavy atom. The van der Waals surface area contributed by atoms with E-state index in [0.717, 1.165) is 0 Å². The molecule has 0 spiro atoms. The number of ether oxygens (including phenoxy) is 2. The van der Waals surface area contributed by atoms with E-state index in [-0.39, 0.29) is 12.1 Å². The van der Waals surface area contributed by atoms with Crippen LogP contribution in [0.1, 0.15) is 37.0 Å². The zero-order valence-corrected chi connectivity index (χ0v) is 10.4. The fraction of sp³-hybridized carbons (Fsp3) is 0.400. The van der Waals surface area contributed by atoms with Crippen LogP contribution in [0.25, 0.3) is 0 Å². The fourth-order valence-electron chi connectivity index (χ4n) is 2.80. The SMILES string of the molecule is CCOC(=O)CC[C@@]12C=C[C@@H](O1)c1ccccc12. The lowest BCUT2D eigenvalue weighted by Crippen LogP contribution is -2.22. The average molecular weight is 244 g/mol. The van der Waals surface area contributed by atoms with E-state index in [1.165, 1.54) is 11.1 Å². The molecule has 0 aromatic heterocycles. The van der Waals surface area contributed by atoms with Gasteiger partial charge in [0, 0.05) is 6.42 Å². The molecule has 0 saturated heterocycles. The molecule has 0 radical (unpaired) electrons. The van der Waals surface area contributed by atoms with Gasteiger partial charge in [-0.05, 0) is 30.5 Å². The van der Waals surface area contributed by atoms with Crippen molar-refractivity contribution in [2.45, 2.75) is 31.5 Å². The Hall–Kier alpha value is -1.61. The van der Waals surface area contributed by atoms with Crippen molar-refractivity contribution in [1.82, 2.24) is 0 Å². The van der Waals surface area contributed by atoms with E-state index in [1.807, 2.05) is 19.1 Å². The molecule has 18 heavy (non-hydrogen) atoms. The smallest absolute Gasteiger partial charge is 0.305 e. The van der Waals surface area contributed by atoms with Gasteiger partial charge in [0.25, 0.3) is 0 Å². The van der Waals surface area contributed by atoms with Crippen molar-refractivity contribution in [1.29, 1.82) is 0 Å². The van der Waals surface area contributed by atoms with Gasteiger partial charge in [-0.3, -0.25) is 4.79 Å². The number of hydrogen-bond donors (Lipinski definition) is 0. The number of carbonyl (C=O) groups excluding carboxylic acids is 1. The van der Waals surface area contributed by atoms with Gasteiger partial charge in [-0.25, -0.2) is 0 Å². The number of benzene rings is 1. The minimum absolute atomic E-state index is 0.0587. The maximum atomic E-state index is 11.5. The zero-order valence-electron chi connectivity index (χ0n) is 10.4. The van der Waals surface area contributed by atoms with Crippen molar-refractivity contribution in [3.63, 3.8) is 0 Å². The number of rotatable bonds is 4. The van der Waals surface area contributed by atoms with Gasteiger partial charge in [0.15, 0.2) is 0 Å². The first-order valence-corrected chi connectivity index (χ1v) is 6.37. The molecule has 2 aliphatic heterocycles. The maximum absolute atomic E-state index is 11.5. The van der Waals surface area contributed by atoms with Crippen LogP contribution < -0.4 is 0 Å². The number of hydrogen-bond acceptors (Lipinski definition) is 3. The highest BCUT2D eigenvalue weighted by Crippen LogP contribution is 2.52. The van der Waals surface area contributed by atoms with Gasteiger partial charge in [0.1, 0.15) is 11.7 Å². The highest BCUT2D eigenvalue weighted by Gasteiger charge is 2.46. The molecular formula is C15H16O3. The molecule has 0 fully saturated rings.